The Morgan fingerprint density at radius 2 is 1.62 bits per heavy atom. The van der Waals surface area contributed by atoms with Crippen LogP contribution in [0.25, 0.3) is 32.4 Å². The summed E-state index contributed by atoms with van der Waals surface area (Å²) in [6.45, 7) is 1.88. The van der Waals surface area contributed by atoms with Crippen molar-refractivity contribution in [2.75, 3.05) is 7.11 Å². The Morgan fingerprint density at radius 1 is 0.892 bits per heavy atom. The number of aromatic nitrogens is 1. The number of pyridine rings is 1. The maximum absolute atomic E-state index is 12.5. The van der Waals surface area contributed by atoms with Crippen molar-refractivity contribution in [3.63, 3.8) is 0 Å². The molecule has 2 unspecified atom stereocenters. The molecule has 1 aliphatic rings. The van der Waals surface area contributed by atoms with Gasteiger partial charge in [-0.2, -0.15) is 0 Å². The van der Waals surface area contributed by atoms with Gasteiger partial charge in [0.25, 0.3) is 0 Å². The molecule has 1 aliphatic carbocycles. The normalized spacial score (nSPS) is 16.6. The zero-order chi connectivity index (χ0) is 26.1. The zero-order valence-electron chi connectivity index (χ0n) is 20.5. The molecule has 0 radical (unpaired) electrons. The highest BCUT2D eigenvalue weighted by Crippen LogP contribution is 2.38. The van der Waals surface area contributed by atoms with Crippen molar-refractivity contribution >= 4 is 50.2 Å². The van der Waals surface area contributed by atoms with E-state index in [9.17, 15) is 14.4 Å². The van der Waals surface area contributed by atoms with Crippen LogP contribution in [0.2, 0.25) is 0 Å². The molecule has 6 rings (SSSR count). The third-order valence-electron chi connectivity index (χ3n) is 7.06. The molecule has 1 N–H and O–H groups in total. The number of ether oxygens (including phenoxy) is 1. The van der Waals surface area contributed by atoms with Gasteiger partial charge in [0.05, 0.1) is 18.2 Å². The number of carbonyl (C=O) groups is 3. The third-order valence-corrected chi connectivity index (χ3v) is 7.06. The monoisotopic (exact) mass is 491 g/mol. The lowest BCUT2D eigenvalue weighted by Crippen LogP contribution is -2.35. The lowest BCUT2D eigenvalue weighted by Gasteiger charge is -2.28. The number of hydrogen-bond donors (Lipinski definition) is 1. The first-order chi connectivity index (χ1) is 17.9. The van der Waals surface area contributed by atoms with E-state index in [2.05, 4.69) is 35.3 Å². The van der Waals surface area contributed by atoms with Gasteiger partial charge in [-0.15, -0.1) is 0 Å². The number of nitrogens with zero attached hydrogens (tertiary/aromatic N) is 1. The third kappa shape index (κ3) is 4.42. The molecule has 1 aromatic heterocycles. The van der Waals surface area contributed by atoms with Crippen LogP contribution >= 0.6 is 0 Å². The van der Waals surface area contributed by atoms with Gasteiger partial charge >= 0.3 is 11.9 Å². The fraction of sp³-hybridized carbons (Fsp3) is 0.161. The van der Waals surface area contributed by atoms with Crippen LogP contribution in [0.1, 0.15) is 34.3 Å². The Labute approximate surface area is 213 Å². The van der Waals surface area contributed by atoms with Gasteiger partial charge < -0.3 is 9.84 Å². The Hall–Kier alpha value is -4.58. The summed E-state index contributed by atoms with van der Waals surface area (Å²) in [7, 11) is 1.34. The van der Waals surface area contributed by atoms with Crippen molar-refractivity contribution in [2.24, 2.45) is 5.92 Å². The number of carboxylic acids is 1. The molecule has 37 heavy (non-hydrogen) atoms. The number of ketones is 1. The van der Waals surface area contributed by atoms with Gasteiger partial charge in [-0.05, 0) is 57.3 Å². The molecule has 1 heterocycles. The van der Waals surface area contributed by atoms with Crippen LogP contribution in [0.3, 0.4) is 0 Å². The minimum absolute atomic E-state index is 0.0468. The molecule has 0 saturated carbocycles. The van der Waals surface area contributed by atoms with Crippen LogP contribution in [0.15, 0.2) is 85.1 Å². The summed E-state index contributed by atoms with van der Waals surface area (Å²) in [4.78, 5) is 39.3. The van der Waals surface area contributed by atoms with E-state index in [0.717, 1.165) is 27.3 Å². The van der Waals surface area contributed by atoms with E-state index < -0.39 is 17.9 Å². The van der Waals surface area contributed by atoms with Crippen LogP contribution in [0.4, 0.5) is 0 Å². The fourth-order valence-corrected chi connectivity index (χ4v) is 5.10. The first-order valence-corrected chi connectivity index (χ1v) is 12.0. The van der Waals surface area contributed by atoms with E-state index in [0.29, 0.717) is 11.9 Å². The molecule has 0 amide bonds. The van der Waals surface area contributed by atoms with Crippen LogP contribution in [0, 0.1) is 5.92 Å². The van der Waals surface area contributed by atoms with E-state index in [1.54, 1.807) is 24.4 Å². The van der Waals surface area contributed by atoms with Gasteiger partial charge in [0, 0.05) is 17.5 Å². The maximum Gasteiger partial charge on any atom is 0.335 e. The van der Waals surface area contributed by atoms with Crippen molar-refractivity contribution in [3.8, 4) is 0 Å². The second-order valence-electron chi connectivity index (χ2n) is 9.14. The predicted octanol–water partition coefficient (Wildman–Crippen LogP) is 5.94. The molecule has 0 fully saturated rings. The minimum Gasteiger partial charge on any atom is -0.478 e. The topological polar surface area (TPSA) is 93.6 Å². The van der Waals surface area contributed by atoms with Gasteiger partial charge in [-0.1, -0.05) is 67.6 Å². The summed E-state index contributed by atoms with van der Waals surface area (Å²) in [6, 6.07) is 25.2. The molecule has 6 nitrogen and oxygen atoms in total. The van der Waals surface area contributed by atoms with Crippen molar-refractivity contribution < 1.29 is 24.2 Å². The second-order valence-corrected chi connectivity index (χ2v) is 9.14. The molecule has 0 aliphatic heterocycles. The van der Waals surface area contributed by atoms with Crippen molar-refractivity contribution in [2.45, 2.75) is 19.3 Å². The van der Waals surface area contributed by atoms with Gasteiger partial charge in [0.15, 0.2) is 5.78 Å². The number of hydrogen-bond acceptors (Lipinski definition) is 5. The molecule has 184 valence electrons. The molecule has 6 heteroatoms. The van der Waals surface area contributed by atoms with Crippen molar-refractivity contribution in [3.05, 3.63) is 102 Å². The molecule has 5 aromatic rings. The first kappa shape index (κ1) is 24.1. The lowest BCUT2D eigenvalue weighted by molar-refractivity contribution is -0.150. The number of rotatable bonds is 2. The Bertz CT molecular complexity index is 1690. The van der Waals surface area contributed by atoms with E-state index >= 15 is 0 Å². The Morgan fingerprint density at radius 3 is 2.41 bits per heavy atom. The molecular weight excluding hydrogens is 466 g/mol. The summed E-state index contributed by atoms with van der Waals surface area (Å²) in [6.07, 6.45) is 2.06. The molecule has 0 bridgehead atoms. The largest absolute Gasteiger partial charge is 0.478 e. The average molecular weight is 492 g/mol. The molecular formula is C31H25NO5. The number of methoxy groups -OCH3 is 1. The van der Waals surface area contributed by atoms with E-state index in [1.165, 1.54) is 17.9 Å². The smallest absolute Gasteiger partial charge is 0.335 e. The fourth-order valence-electron chi connectivity index (χ4n) is 5.10. The average Bonchev–Trinajstić information content (AvgIpc) is 2.94. The molecule has 0 spiro atoms. The van der Waals surface area contributed by atoms with Gasteiger partial charge in [-0.3, -0.25) is 14.6 Å². The summed E-state index contributed by atoms with van der Waals surface area (Å²) >= 11 is 0. The Balaban J connectivity index is 0.000000182. The standard InChI is InChI=1S/C21H18O3.C10H7NO2/c1-12-14-9-10-16-15-6-4-3-5-13(15)7-8-17(16)18(14)11-19(20(12)22)21(23)24-2;12-10(13)8-4-3-7-2-1-5-11-9(7)6-8/h3-10,12,19H,11H2,1-2H3;1-6H,(H,12,13). The number of Topliss-reactive ketones (excluding diaryl/α,β-unsaturated/α-hetero) is 1. The number of fused-ring (bicyclic) bond motifs is 6. The summed E-state index contributed by atoms with van der Waals surface area (Å²) in [5.74, 6) is -2.39. The summed E-state index contributed by atoms with van der Waals surface area (Å²) in [5, 5.41) is 14.3. The van der Waals surface area contributed by atoms with Crippen LogP contribution < -0.4 is 0 Å². The molecule has 0 saturated heterocycles. The predicted molar refractivity (Wildman–Crippen MR) is 143 cm³/mol. The van der Waals surface area contributed by atoms with Crippen LogP contribution in [0.5, 0.6) is 0 Å². The van der Waals surface area contributed by atoms with Crippen molar-refractivity contribution in [1.82, 2.24) is 4.98 Å². The number of benzene rings is 4. The number of esters is 1. The zero-order valence-corrected chi connectivity index (χ0v) is 20.5. The molecule has 4 aromatic carbocycles. The maximum atomic E-state index is 12.5. The highest BCUT2D eigenvalue weighted by atomic mass is 16.5. The lowest BCUT2D eigenvalue weighted by atomic mass is 9.74. The number of aromatic carboxylic acids is 1. The van der Waals surface area contributed by atoms with Gasteiger partial charge in [-0.25, -0.2) is 4.79 Å². The van der Waals surface area contributed by atoms with Gasteiger partial charge in [0.2, 0.25) is 0 Å². The van der Waals surface area contributed by atoms with Crippen LogP contribution in [-0.4, -0.2) is 34.9 Å². The van der Waals surface area contributed by atoms with E-state index in [1.807, 2.05) is 37.3 Å². The minimum atomic E-state index is -0.924. The number of carboxylic acid groups (broad SMARTS) is 1. The Kier molecular flexibility index (Phi) is 6.40. The SMILES string of the molecule is COC(=O)C1Cc2c(ccc3c2ccc2ccccc23)C(C)C1=O.O=C(O)c1ccc2cccnc2c1. The highest BCUT2D eigenvalue weighted by molar-refractivity contribution is 6.11. The second kappa shape index (κ2) is 9.82. The van der Waals surface area contributed by atoms with Crippen LogP contribution in [-0.2, 0) is 20.7 Å². The van der Waals surface area contributed by atoms with E-state index in [4.69, 9.17) is 9.84 Å². The molecule has 2 atom stereocenters. The highest BCUT2D eigenvalue weighted by Gasteiger charge is 2.38. The first-order valence-electron chi connectivity index (χ1n) is 12.0. The quantitative estimate of drug-likeness (QED) is 0.186. The summed E-state index contributed by atoms with van der Waals surface area (Å²) < 4.78 is 4.85. The number of carbonyl (C=O) groups excluding carboxylic acids is 2. The van der Waals surface area contributed by atoms with E-state index in [-0.39, 0.29) is 17.3 Å². The van der Waals surface area contributed by atoms with Crippen molar-refractivity contribution in [1.29, 1.82) is 0 Å². The summed E-state index contributed by atoms with van der Waals surface area (Å²) in [5.41, 5.74) is 3.11. The van der Waals surface area contributed by atoms with Gasteiger partial charge in [0.1, 0.15) is 5.92 Å².